The van der Waals surface area contributed by atoms with Crippen LogP contribution in [0.1, 0.15) is 24.1 Å². The van der Waals surface area contributed by atoms with Gasteiger partial charge in [0.05, 0.1) is 5.69 Å². The molecular weight excluding hydrogens is 352 g/mol. The minimum Gasteiger partial charge on any atom is -0.473 e. The number of carbonyl (C=O) groups excluding carboxylic acids is 1. The molecule has 0 unspecified atom stereocenters. The summed E-state index contributed by atoms with van der Waals surface area (Å²) in [6, 6.07) is 18.1. The van der Waals surface area contributed by atoms with Crippen molar-refractivity contribution in [3.8, 4) is 5.88 Å². The predicted octanol–water partition coefficient (Wildman–Crippen LogP) is 3.69. The topological polar surface area (TPSA) is 67.3 Å². The van der Waals surface area contributed by atoms with Crippen molar-refractivity contribution in [3.63, 3.8) is 0 Å². The third kappa shape index (κ3) is 4.22. The van der Waals surface area contributed by atoms with Crippen LogP contribution in [0.2, 0.25) is 0 Å². The number of urea groups is 1. The van der Waals surface area contributed by atoms with Gasteiger partial charge >= 0.3 is 6.03 Å². The first-order valence-corrected chi connectivity index (χ1v) is 9.65. The van der Waals surface area contributed by atoms with E-state index in [1.54, 1.807) is 0 Å². The number of nitrogens with one attached hydrogen (secondary N) is 1. The van der Waals surface area contributed by atoms with Crippen molar-refractivity contribution in [2.45, 2.75) is 32.4 Å². The lowest BCUT2D eigenvalue weighted by Gasteiger charge is -2.31. The molecule has 4 rings (SSSR count). The van der Waals surface area contributed by atoms with Gasteiger partial charge in [-0.05, 0) is 29.3 Å². The van der Waals surface area contributed by atoms with Gasteiger partial charge in [-0.3, -0.25) is 0 Å². The number of fused-ring (bicyclic) bond motifs is 1. The van der Waals surface area contributed by atoms with Gasteiger partial charge in [-0.25, -0.2) is 4.79 Å². The minimum atomic E-state index is -0.0264. The molecule has 2 aromatic carbocycles. The van der Waals surface area contributed by atoms with E-state index in [4.69, 9.17) is 4.74 Å². The van der Waals surface area contributed by atoms with Crippen molar-refractivity contribution in [1.29, 1.82) is 0 Å². The van der Waals surface area contributed by atoms with Gasteiger partial charge in [0.25, 0.3) is 0 Å². The molecule has 6 heteroatoms. The highest BCUT2D eigenvalue weighted by atomic mass is 16.5. The lowest BCUT2D eigenvalue weighted by atomic mass is 10.0. The Morgan fingerprint density at radius 3 is 2.64 bits per heavy atom. The summed E-state index contributed by atoms with van der Waals surface area (Å²) < 4.78 is 5.88. The normalized spacial score (nSPS) is 14.8. The Hall–Kier alpha value is -3.15. The lowest BCUT2D eigenvalue weighted by Crippen LogP contribution is -2.46. The van der Waals surface area contributed by atoms with Crippen molar-refractivity contribution in [2.24, 2.45) is 0 Å². The molecule has 1 saturated heterocycles. The summed E-state index contributed by atoms with van der Waals surface area (Å²) in [5, 5.41) is 13.5. The van der Waals surface area contributed by atoms with Crippen LogP contribution in [0.4, 0.5) is 4.79 Å². The quantitative estimate of drug-likeness (QED) is 0.754. The molecule has 1 fully saturated rings. The summed E-state index contributed by atoms with van der Waals surface area (Å²) in [5.41, 5.74) is 1.99. The van der Waals surface area contributed by atoms with Crippen molar-refractivity contribution in [1.82, 2.24) is 20.4 Å². The Labute approximate surface area is 164 Å². The number of likely N-dealkylation sites (tertiary alicyclic amines) is 1. The Bertz CT molecular complexity index is 945. The number of nitrogens with zero attached hydrogens (tertiary/aromatic N) is 3. The van der Waals surface area contributed by atoms with E-state index in [9.17, 15) is 4.79 Å². The van der Waals surface area contributed by atoms with E-state index in [1.807, 2.05) is 42.2 Å². The zero-order valence-electron chi connectivity index (χ0n) is 16.0. The molecule has 0 radical (unpaired) electrons. The van der Waals surface area contributed by atoms with E-state index in [0.29, 0.717) is 25.5 Å². The number of hydrogen-bond donors (Lipinski definition) is 1. The molecule has 144 valence electrons. The van der Waals surface area contributed by atoms with Gasteiger partial charge in [0, 0.05) is 38.5 Å². The molecule has 3 aromatic rings. The number of hydrogen-bond acceptors (Lipinski definition) is 4. The van der Waals surface area contributed by atoms with Crippen LogP contribution in [-0.4, -0.2) is 40.3 Å². The van der Waals surface area contributed by atoms with Crippen LogP contribution < -0.4 is 10.1 Å². The zero-order valence-corrected chi connectivity index (χ0v) is 16.0. The van der Waals surface area contributed by atoms with Crippen molar-refractivity contribution < 1.29 is 9.53 Å². The highest BCUT2D eigenvalue weighted by Crippen LogP contribution is 2.19. The number of aryl methyl sites for hydroxylation is 1. The minimum absolute atomic E-state index is 0.0264. The van der Waals surface area contributed by atoms with Crippen LogP contribution in [-0.2, 0) is 6.54 Å². The van der Waals surface area contributed by atoms with Crippen LogP contribution in [0.3, 0.4) is 0 Å². The van der Waals surface area contributed by atoms with E-state index in [1.165, 1.54) is 10.8 Å². The van der Waals surface area contributed by atoms with Crippen LogP contribution in [0, 0.1) is 6.92 Å². The second-order valence-corrected chi connectivity index (χ2v) is 7.11. The number of amides is 2. The fourth-order valence-corrected chi connectivity index (χ4v) is 3.53. The van der Waals surface area contributed by atoms with Gasteiger partial charge in [-0.2, -0.15) is 5.10 Å². The number of carbonyl (C=O) groups is 1. The fraction of sp³-hybridized carbons (Fsp3) is 0.318. The summed E-state index contributed by atoms with van der Waals surface area (Å²) >= 11 is 0. The maximum absolute atomic E-state index is 12.6. The van der Waals surface area contributed by atoms with Crippen LogP contribution in [0.15, 0.2) is 54.6 Å². The van der Waals surface area contributed by atoms with Crippen molar-refractivity contribution in [3.05, 3.63) is 65.9 Å². The van der Waals surface area contributed by atoms with Gasteiger partial charge < -0.3 is 15.0 Å². The summed E-state index contributed by atoms with van der Waals surface area (Å²) in [6.07, 6.45) is 1.65. The van der Waals surface area contributed by atoms with Gasteiger partial charge in [-0.15, -0.1) is 5.10 Å². The monoisotopic (exact) mass is 376 g/mol. The Kier molecular flexibility index (Phi) is 5.37. The molecule has 0 atom stereocenters. The molecule has 2 heterocycles. The number of benzene rings is 2. The molecule has 0 saturated carbocycles. The second-order valence-electron chi connectivity index (χ2n) is 7.11. The molecule has 1 aliphatic heterocycles. The summed E-state index contributed by atoms with van der Waals surface area (Å²) in [5.74, 6) is 0.546. The predicted molar refractivity (Wildman–Crippen MR) is 108 cm³/mol. The van der Waals surface area contributed by atoms with Gasteiger partial charge in [-0.1, -0.05) is 42.5 Å². The van der Waals surface area contributed by atoms with Crippen molar-refractivity contribution in [2.75, 3.05) is 13.1 Å². The largest absolute Gasteiger partial charge is 0.473 e. The fourth-order valence-electron chi connectivity index (χ4n) is 3.53. The molecule has 0 aliphatic carbocycles. The zero-order chi connectivity index (χ0) is 19.3. The molecule has 2 amide bonds. The highest BCUT2D eigenvalue weighted by Gasteiger charge is 2.24. The van der Waals surface area contributed by atoms with E-state index >= 15 is 0 Å². The highest BCUT2D eigenvalue weighted by molar-refractivity contribution is 5.86. The molecule has 1 aromatic heterocycles. The van der Waals surface area contributed by atoms with Gasteiger partial charge in [0.15, 0.2) is 0 Å². The first-order valence-electron chi connectivity index (χ1n) is 9.65. The third-order valence-corrected chi connectivity index (χ3v) is 5.10. The standard InChI is InChI=1S/C22H24N4O2/c1-16-9-10-21(25-24-16)28-19-11-13-26(14-12-19)22(27)23-15-18-7-4-6-17-5-2-3-8-20(17)18/h2-10,19H,11-15H2,1H3,(H,23,27). The Morgan fingerprint density at radius 1 is 1.07 bits per heavy atom. The molecule has 28 heavy (non-hydrogen) atoms. The third-order valence-electron chi connectivity index (χ3n) is 5.10. The van der Waals surface area contributed by atoms with Gasteiger partial charge in [0.2, 0.25) is 5.88 Å². The summed E-state index contributed by atoms with van der Waals surface area (Å²) in [4.78, 5) is 14.4. The molecule has 0 spiro atoms. The van der Waals surface area contributed by atoms with E-state index < -0.39 is 0 Å². The van der Waals surface area contributed by atoms with Crippen molar-refractivity contribution >= 4 is 16.8 Å². The SMILES string of the molecule is Cc1ccc(OC2CCN(C(=O)NCc3cccc4ccccc34)CC2)nn1. The Morgan fingerprint density at radius 2 is 1.86 bits per heavy atom. The maximum Gasteiger partial charge on any atom is 0.317 e. The average molecular weight is 376 g/mol. The molecule has 1 aliphatic rings. The molecule has 6 nitrogen and oxygen atoms in total. The summed E-state index contributed by atoms with van der Waals surface area (Å²) in [7, 11) is 0. The molecule has 1 N–H and O–H groups in total. The average Bonchev–Trinajstić information content (AvgIpc) is 2.74. The van der Waals surface area contributed by atoms with E-state index in [2.05, 4.69) is 39.8 Å². The number of aromatic nitrogens is 2. The molecule has 0 bridgehead atoms. The molecular formula is C22H24N4O2. The number of ether oxygens (including phenoxy) is 1. The van der Waals surface area contributed by atoms with Crippen LogP contribution in [0.25, 0.3) is 10.8 Å². The smallest absolute Gasteiger partial charge is 0.317 e. The second kappa shape index (κ2) is 8.25. The first-order chi connectivity index (χ1) is 13.7. The lowest BCUT2D eigenvalue weighted by molar-refractivity contribution is 0.106. The van der Waals surface area contributed by atoms with Crippen LogP contribution in [0.5, 0.6) is 5.88 Å². The number of rotatable bonds is 4. The number of piperidine rings is 1. The first kappa shape index (κ1) is 18.2. The Balaban J connectivity index is 1.28. The van der Waals surface area contributed by atoms with E-state index in [0.717, 1.165) is 24.1 Å². The van der Waals surface area contributed by atoms with Crippen LogP contribution >= 0.6 is 0 Å². The maximum atomic E-state index is 12.6. The van der Waals surface area contributed by atoms with E-state index in [-0.39, 0.29) is 12.1 Å². The summed E-state index contributed by atoms with van der Waals surface area (Å²) in [6.45, 7) is 3.76. The van der Waals surface area contributed by atoms with Gasteiger partial charge in [0.1, 0.15) is 6.10 Å².